The molecule has 98 valence electrons. The van der Waals surface area contributed by atoms with E-state index in [0.717, 1.165) is 30.7 Å². The number of hydrogen-bond donors (Lipinski definition) is 1. The normalized spacial score (nSPS) is 26.7. The smallest absolute Gasteiger partial charge is 0.122 e. The SMILES string of the molecule is CC1CCC(CCc2ccc3c(c2)CCO3)CN1. The molecule has 18 heavy (non-hydrogen) atoms. The lowest BCUT2D eigenvalue weighted by Gasteiger charge is -2.27. The average molecular weight is 245 g/mol. The fraction of sp³-hybridized carbons (Fsp3) is 0.625. The van der Waals surface area contributed by atoms with E-state index in [1.54, 1.807) is 0 Å². The highest BCUT2D eigenvalue weighted by molar-refractivity contribution is 5.39. The van der Waals surface area contributed by atoms with Gasteiger partial charge in [0.25, 0.3) is 0 Å². The summed E-state index contributed by atoms with van der Waals surface area (Å²) in [5.41, 5.74) is 2.89. The molecule has 2 atom stereocenters. The quantitative estimate of drug-likeness (QED) is 0.884. The summed E-state index contributed by atoms with van der Waals surface area (Å²) in [7, 11) is 0. The minimum Gasteiger partial charge on any atom is -0.493 e. The third kappa shape index (κ3) is 2.69. The highest BCUT2D eigenvalue weighted by Crippen LogP contribution is 2.27. The van der Waals surface area contributed by atoms with Crippen molar-refractivity contribution in [1.29, 1.82) is 0 Å². The summed E-state index contributed by atoms with van der Waals surface area (Å²) in [6.45, 7) is 4.36. The Morgan fingerprint density at radius 1 is 1.33 bits per heavy atom. The molecule has 0 amide bonds. The minimum atomic E-state index is 0.721. The fourth-order valence-corrected chi connectivity index (χ4v) is 3.07. The molecule has 1 N–H and O–H groups in total. The van der Waals surface area contributed by atoms with Crippen LogP contribution in [-0.4, -0.2) is 19.2 Å². The van der Waals surface area contributed by atoms with Gasteiger partial charge in [-0.3, -0.25) is 0 Å². The van der Waals surface area contributed by atoms with E-state index in [0.29, 0.717) is 0 Å². The van der Waals surface area contributed by atoms with Crippen LogP contribution in [0.25, 0.3) is 0 Å². The average Bonchev–Trinajstić information content (AvgIpc) is 2.85. The number of fused-ring (bicyclic) bond motifs is 1. The first-order chi connectivity index (χ1) is 8.81. The minimum absolute atomic E-state index is 0.721. The van der Waals surface area contributed by atoms with Crippen LogP contribution in [0.5, 0.6) is 5.75 Å². The van der Waals surface area contributed by atoms with Gasteiger partial charge < -0.3 is 10.1 Å². The standard InChI is InChI=1S/C16H23NO/c1-12-2-3-14(11-17-12)5-4-13-6-7-16-15(10-13)8-9-18-16/h6-7,10,12,14,17H,2-5,8-9,11H2,1H3. The fourth-order valence-electron chi connectivity index (χ4n) is 3.07. The van der Waals surface area contributed by atoms with Crippen molar-refractivity contribution in [1.82, 2.24) is 5.32 Å². The number of nitrogens with one attached hydrogen (secondary N) is 1. The lowest BCUT2D eigenvalue weighted by molar-refractivity contribution is 0.309. The van der Waals surface area contributed by atoms with Gasteiger partial charge in [-0.15, -0.1) is 0 Å². The Morgan fingerprint density at radius 3 is 3.11 bits per heavy atom. The summed E-state index contributed by atoms with van der Waals surface area (Å²) in [5.74, 6) is 1.97. The van der Waals surface area contributed by atoms with E-state index in [2.05, 4.69) is 30.4 Å². The van der Waals surface area contributed by atoms with E-state index >= 15 is 0 Å². The molecule has 1 aromatic carbocycles. The van der Waals surface area contributed by atoms with Crippen molar-refractivity contribution in [3.63, 3.8) is 0 Å². The van der Waals surface area contributed by atoms with Gasteiger partial charge in [-0.2, -0.15) is 0 Å². The van der Waals surface area contributed by atoms with Gasteiger partial charge in [0.2, 0.25) is 0 Å². The van der Waals surface area contributed by atoms with Gasteiger partial charge in [-0.25, -0.2) is 0 Å². The zero-order valence-electron chi connectivity index (χ0n) is 11.2. The van der Waals surface area contributed by atoms with Gasteiger partial charge in [-0.1, -0.05) is 12.1 Å². The predicted molar refractivity (Wildman–Crippen MR) is 74.2 cm³/mol. The first-order valence-corrected chi connectivity index (χ1v) is 7.29. The Labute approximate surface area is 110 Å². The van der Waals surface area contributed by atoms with E-state index in [-0.39, 0.29) is 0 Å². The maximum atomic E-state index is 5.55. The van der Waals surface area contributed by atoms with Gasteiger partial charge in [-0.05, 0) is 62.3 Å². The topological polar surface area (TPSA) is 21.3 Å². The molecule has 0 radical (unpaired) electrons. The molecule has 3 rings (SSSR count). The zero-order chi connectivity index (χ0) is 12.4. The number of benzene rings is 1. The molecule has 1 saturated heterocycles. The molecule has 0 spiro atoms. The second-order valence-electron chi connectivity index (χ2n) is 5.83. The van der Waals surface area contributed by atoms with Crippen molar-refractivity contribution in [3.05, 3.63) is 29.3 Å². The van der Waals surface area contributed by atoms with Crippen LogP contribution in [0.15, 0.2) is 18.2 Å². The van der Waals surface area contributed by atoms with Gasteiger partial charge >= 0.3 is 0 Å². The third-order valence-electron chi connectivity index (χ3n) is 4.36. The molecule has 2 aliphatic rings. The van der Waals surface area contributed by atoms with Crippen molar-refractivity contribution < 1.29 is 4.74 Å². The summed E-state index contributed by atoms with van der Waals surface area (Å²) < 4.78 is 5.55. The van der Waals surface area contributed by atoms with Gasteiger partial charge in [0.05, 0.1) is 6.61 Å². The van der Waals surface area contributed by atoms with Crippen molar-refractivity contribution in [2.75, 3.05) is 13.2 Å². The van der Waals surface area contributed by atoms with Crippen molar-refractivity contribution in [2.24, 2.45) is 5.92 Å². The maximum Gasteiger partial charge on any atom is 0.122 e. The highest BCUT2D eigenvalue weighted by atomic mass is 16.5. The number of aryl methyl sites for hydroxylation is 1. The molecule has 2 unspecified atom stereocenters. The molecule has 1 fully saturated rings. The molecular weight excluding hydrogens is 222 g/mol. The molecule has 2 heteroatoms. The molecule has 2 nitrogen and oxygen atoms in total. The molecule has 0 aliphatic carbocycles. The van der Waals surface area contributed by atoms with E-state index in [1.807, 2.05) is 0 Å². The molecule has 0 aromatic heterocycles. The van der Waals surface area contributed by atoms with Crippen molar-refractivity contribution >= 4 is 0 Å². The molecule has 2 aliphatic heterocycles. The van der Waals surface area contributed by atoms with Crippen LogP contribution in [0.1, 0.15) is 37.3 Å². The van der Waals surface area contributed by atoms with Gasteiger partial charge in [0, 0.05) is 12.5 Å². The Balaban J connectivity index is 1.54. The first kappa shape index (κ1) is 12.0. The molecule has 0 bridgehead atoms. The Morgan fingerprint density at radius 2 is 2.28 bits per heavy atom. The monoisotopic (exact) mass is 245 g/mol. The molecular formula is C16H23NO. The van der Waals surface area contributed by atoms with Crippen LogP contribution in [0.2, 0.25) is 0 Å². The number of piperidine rings is 1. The van der Waals surface area contributed by atoms with E-state index in [1.165, 1.54) is 43.4 Å². The Kier molecular flexibility index (Phi) is 3.55. The Hall–Kier alpha value is -1.02. The number of rotatable bonds is 3. The van der Waals surface area contributed by atoms with Crippen molar-refractivity contribution in [3.8, 4) is 5.75 Å². The summed E-state index contributed by atoms with van der Waals surface area (Å²) in [4.78, 5) is 0. The number of hydrogen-bond acceptors (Lipinski definition) is 2. The van der Waals surface area contributed by atoms with Crippen LogP contribution < -0.4 is 10.1 Å². The summed E-state index contributed by atoms with van der Waals surface area (Å²) in [6, 6.07) is 7.46. The van der Waals surface area contributed by atoms with Crippen LogP contribution in [0, 0.1) is 5.92 Å². The summed E-state index contributed by atoms with van der Waals surface area (Å²) in [5, 5.41) is 3.59. The van der Waals surface area contributed by atoms with Gasteiger partial charge in [0.15, 0.2) is 0 Å². The van der Waals surface area contributed by atoms with E-state index < -0.39 is 0 Å². The van der Waals surface area contributed by atoms with Gasteiger partial charge in [0.1, 0.15) is 5.75 Å². The molecule has 2 heterocycles. The second-order valence-corrected chi connectivity index (χ2v) is 5.83. The largest absolute Gasteiger partial charge is 0.493 e. The Bertz CT molecular complexity index is 408. The summed E-state index contributed by atoms with van der Waals surface area (Å²) in [6.07, 6.45) is 6.35. The zero-order valence-corrected chi connectivity index (χ0v) is 11.2. The lowest BCUT2D eigenvalue weighted by Crippen LogP contribution is -2.36. The summed E-state index contributed by atoms with van der Waals surface area (Å²) >= 11 is 0. The third-order valence-corrected chi connectivity index (χ3v) is 4.36. The molecule has 1 aromatic rings. The van der Waals surface area contributed by atoms with Crippen molar-refractivity contribution in [2.45, 2.75) is 45.1 Å². The predicted octanol–water partition coefficient (Wildman–Crippen LogP) is 2.94. The van der Waals surface area contributed by atoms with E-state index in [9.17, 15) is 0 Å². The second kappa shape index (κ2) is 5.31. The highest BCUT2D eigenvalue weighted by Gasteiger charge is 2.17. The van der Waals surface area contributed by atoms with E-state index in [4.69, 9.17) is 4.74 Å². The first-order valence-electron chi connectivity index (χ1n) is 7.29. The lowest BCUT2D eigenvalue weighted by atomic mass is 9.90. The molecule has 0 saturated carbocycles. The van der Waals surface area contributed by atoms with Crippen LogP contribution >= 0.6 is 0 Å². The number of ether oxygens (including phenoxy) is 1. The van der Waals surface area contributed by atoms with Crippen LogP contribution in [0.3, 0.4) is 0 Å². The maximum absolute atomic E-state index is 5.55. The van der Waals surface area contributed by atoms with Crippen LogP contribution in [-0.2, 0) is 12.8 Å². The van der Waals surface area contributed by atoms with Crippen LogP contribution in [0.4, 0.5) is 0 Å².